The third kappa shape index (κ3) is 2.04. The van der Waals surface area contributed by atoms with Crippen molar-refractivity contribution in [1.29, 1.82) is 5.26 Å². The van der Waals surface area contributed by atoms with Gasteiger partial charge < -0.3 is 0 Å². The van der Waals surface area contributed by atoms with Gasteiger partial charge >= 0.3 is 5.69 Å². The van der Waals surface area contributed by atoms with E-state index in [-0.39, 0.29) is 16.4 Å². The Hall–Kier alpha value is -2.39. The maximum Gasteiger partial charge on any atom is 0.334 e. The van der Waals surface area contributed by atoms with Crippen molar-refractivity contribution in [2.45, 2.75) is 0 Å². The number of hydrogen-bond acceptors (Lipinski definition) is 3. The summed E-state index contributed by atoms with van der Waals surface area (Å²) in [6.45, 7) is 0. The lowest BCUT2D eigenvalue weighted by atomic mass is 10.2. The largest absolute Gasteiger partial charge is 0.334 e. The number of nitrogens with zero attached hydrogens (tertiary/aromatic N) is 2. The molecule has 0 fully saturated rings. The maximum absolute atomic E-state index is 13.7. The molecule has 0 aliphatic carbocycles. The van der Waals surface area contributed by atoms with Gasteiger partial charge in [-0.1, -0.05) is 11.6 Å². The normalized spacial score (nSPS) is 10.1. The molecule has 2 aromatic rings. The molecule has 7 heteroatoms. The van der Waals surface area contributed by atoms with Crippen LogP contribution in [0.3, 0.4) is 0 Å². The second-order valence-electron chi connectivity index (χ2n) is 3.37. The Morgan fingerprint density at radius 3 is 2.61 bits per heavy atom. The van der Waals surface area contributed by atoms with E-state index in [1.54, 1.807) is 6.07 Å². The van der Waals surface area contributed by atoms with Crippen LogP contribution in [0.25, 0.3) is 5.69 Å². The molecule has 0 unspecified atom stereocenters. The molecule has 18 heavy (non-hydrogen) atoms. The van der Waals surface area contributed by atoms with E-state index < -0.39 is 17.1 Å². The molecule has 2 rings (SSSR count). The lowest BCUT2D eigenvalue weighted by Gasteiger charge is -2.05. The molecular weight excluding hydrogens is 261 g/mol. The standard InChI is InChI=1S/C11H5ClFN3O2/c12-9-4-10(17)16(11(18)15-9)8-2-1-6(5-14)3-7(8)13/h1-4H,(H,15,18). The van der Waals surface area contributed by atoms with E-state index in [9.17, 15) is 14.0 Å². The minimum absolute atomic E-state index is 0.0923. The van der Waals surface area contributed by atoms with Crippen LogP contribution < -0.4 is 11.2 Å². The summed E-state index contributed by atoms with van der Waals surface area (Å²) in [5.41, 5.74) is -1.75. The van der Waals surface area contributed by atoms with E-state index >= 15 is 0 Å². The van der Waals surface area contributed by atoms with E-state index in [1.165, 1.54) is 12.1 Å². The molecule has 0 aliphatic rings. The summed E-state index contributed by atoms with van der Waals surface area (Å²) in [6, 6.07) is 6.13. The van der Waals surface area contributed by atoms with E-state index in [4.69, 9.17) is 16.9 Å². The number of halogens is 2. The molecule has 1 N–H and O–H groups in total. The van der Waals surface area contributed by atoms with Crippen molar-refractivity contribution in [2.75, 3.05) is 0 Å². The van der Waals surface area contributed by atoms with Gasteiger partial charge in [-0.05, 0) is 18.2 Å². The average Bonchev–Trinajstić information content (AvgIpc) is 2.29. The highest BCUT2D eigenvalue weighted by atomic mass is 35.5. The first kappa shape index (κ1) is 12.1. The van der Waals surface area contributed by atoms with E-state index in [0.29, 0.717) is 4.57 Å². The van der Waals surface area contributed by atoms with Crippen LogP contribution in [0.5, 0.6) is 0 Å². The van der Waals surface area contributed by atoms with Crippen LogP contribution in [-0.4, -0.2) is 9.55 Å². The second-order valence-corrected chi connectivity index (χ2v) is 3.78. The molecule has 90 valence electrons. The molecule has 0 radical (unpaired) electrons. The molecule has 0 saturated carbocycles. The van der Waals surface area contributed by atoms with E-state index in [0.717, 1.165) is 12.1 Å². The van der Waals surface area contributed by atoms with E-state index in [1.807, 2.05) is 0 Å². The van der Waals surface area contributed by atoms with Crippen LogP contribution in [0.4, 0.5) is 4.39 Å². The Morgan fingerprint density at radius 1 is 1.33 bits per heavy atom. The van der Waals surface area contributed by atoms with Gasteiger partial charge in [0.25, 0.3) is 5.56 Å². The van der Waals surface area contributed by atoms with Crippen molar-refractivity contribution in [3.8, 4) is 11.8 Å². The van der Waals surface area contributed by atoms with Gasteiger partial charge in [0.15, 0.2) is 0 Å². The Morgan fingerprint density at radius 2 is 2.06 bits per heavy atom. The molecule has 0 atom stereocenters. The summed E-state index contributed by atoms with van der Waals surface area (Å²) in [5.74, 6) is -0.844. The summed E-state index contributed by atoms with van der Waals surface area (Å²) in [5, 5.41) is 8.47. The first-order valence-corrected chi connectivity index (χ1v) is 5.12. The van der Waals surface area contributed by atoms with Crippen LogP contribution >= 0.6 is 11.6 Å². The molecule has 0 saturated heterocycles. The van der Waals surface area contributed by atoms with Crippen molar-refractivity contribution < 1.29 is 4.39 Å². The number of rotatable bonds is 1. The fourth-order valence-corrected chi connectivity index (χ4v) is 1.63. The molecular formula is C11H5ClFN3O2. The van der Waals surface area contributed by atoms with Crippen molar-refractivity contribution in [1.82, 2.24) is 9.55 Å². The molecule has 0 bridgehead atoms. The predicted octanol–water partition coefficient (Wildman–Crippen LogP) is 1.19. The number of nitriles is 1. The van der Waals surface area contributed by atoms with Crippen LogP contribution in [0.15, 0.2) is 33.9 Å². The zero-order valence-electron chi connectivity index (χ0n) is 8.78. The predicted molar refractivity (Wildman–Crippen MR) is 62.3 cm³/mol. The lowest BCUT2D eigenvalue weighted by molar-refractivity contribution is 0.612. The second kappa shape index (κ2) is 4.47. The minimum Gasteiger partial charge on any atom is -0.297 e. The van der Waals surface area contributed by atoms with Gasteiger partial charge in [-0.3, -0.25) is 9.78 Å². The van der Waals surface area contributed by atoms with Crippen molar-refractivity contribution >= 4 is 11.6 Å². The van der Waals surface area contributed by atoms with Gasteiger partial charge in [-0.15, -0.1) is 0 Å². The zero-order valence-corrected chi connectivity index (χ0v) is 9.53. The fraction of sp³-hybridized carbons (Fsp3) is 0. The van der Waals surface area contributed by atoms with Crippen molar-refractivity contribution in [3.63, 3.8) is 0 Å². The van der Waals surface area contributed by atoms with Crippen LogP contribution in [0.1, 0.15) is 5.56 Å². The number of hydrogen-bond donors (Lipinski definition) is 1. The zero-order chi connectivity index (χ0) is 13.3. The van der Waals surface area contributed by atoms with Crippen LogP contribution in [0.2, 0.25) is 5.15 Å². The number of aromatic amines is 1. The number of benzene rings is 1. The van der Waals surface area contributed by atoms with E-state index in [2.05, 4.69) is 4.98 Å². The maximum atomic E-state index is 13.7. The third-order valence-corrected chi connectivity index (χ3v) is 2.42. The minimum atomic E-state index is -0.851. The Kier molecular flexibility index (Phi) is 3.00. The van der Waals surface area contributed by atoms with Gasteiger partial charge in [-0.2, -0.15) is 5.26 Å². The van der Waals surface area contributed by atoms with Crippen LogP contribution in [-0.2, 0) is 0 Å². The molecule has 1 aromatic heterocycles. The third-order valence-electron chi connectivity index (χ3n) is 2.22. The number of aromatic nitrogens is 2. The molecule has 1 heterocycles. The monoisotopic (exact) mass is 265 g/mol. The van der Waals surface area contributed by atoms with Crippen molar-refractivity contribution in [3.05, 3.63) is 61.6 Å². The van der Waals surface area contributed by atoms with Gasteiger partial charge in [0.1, 0.15) is 11.0 Å². The van der Waals surface area contributed by atoms with Crippen molar-refractivity contribution in [2.24, 2.45) is 0 Å². The Labute approximate surface area is 105 Å². The first-order valence-electron chi connectivity index (χ1n) is 4.75. The van der Waals surface area contributed by atoms with Gasteiger partial charge in [0.05, 0.1) is 17.3 Å². The average molecular weight is 266 g/mol. The molecule has 0 spiro atoms. The number of H-pyrrole nitrogens is 1. The number of nitrogens with one attached hydrogen (secondary N) is 1. The van der Waals surface area contributed by atoms with Gasteiger partial charge in [0.2, 0.25) is 0 Å². The van der Waals surface area contributed by atoms with Crippen LogP contribution in [0, 0.1) is 17.1 Å². The summed E-state index contributed by atoms with van der Waals surface area (Å²) in [4.78, 5) is 25.3. The quantitative estimate of drug-likeness (QED) is 0.787. The summed E-state index contributed by atoms with van der Waals surface area (Å²) in [6.07, 6.45) is 0. The molecule has 0 aliphatic heterocycles. The highest BCUT2D eigenvalue weighted by Crippen LogP contribution is 2.12. The van der Waals surface area contributed by atoms with Gasteiger partial charge in [0, 0.05) is 6.07 Å². The Balaban J connectivity index is 2.75. The molecule has 0 amide bonds. The lowest BCUT2D eigenvalue weighted by Crippen LogP contribution is -2.33. The molecule has 5 nitrogen and oxygen atoms in total. The fourth-order valence-electron chi connectivity index (χ4n) is 1.45. The molecule has 1 aromatic carbocycles. The highest BCUT2D eigenvalue weighted by molar-refractivity contribution is 6.29. The summed E-state index contributed by atoms with van der Waals surface area (Å²) in [7, 11) is 0. The SMILES string of the molecule is N#Cc1ccc(-n2c(=O)cc(Cl)[nH]c2=O)c(F)c1. The summed E-state index contributed by atoms with van der Waals surface area (Å²) < 4.78 is 14.3. The smallest absolute Gasteiger partial charge is 0.297 e. The first-order chi connectivity index (χ1) is 8.52. The summed E-state index contributed by atoms with van der Waals surface area (Å²) >= 11 is 5.49. The highest BCUT2D eigenvalue weighted by Gasteiger charge is 2.11. The topological polar surface area (TPSA) is 78.7 Å². The Bertz CT molecular complexity index is 742. The van der Waals surface area contributed by atoms with Gasteiger partial charge in [-0.25, -0.2) is 13.8 Å².